The molecule has 35 heavy (non-hydrogen) atoms. The smallest absolute Gasteiger partial charge is 0.331 e. The number of aromatic nitrogens is 1. The van der Waals surface area contributed by atoms with Crippen molar-refractivity contribution in [3.63, 3.8) is 0 Å². The van der Waals surface area contributed by atoms with Crippen molar-refractivity contribution in [3.05, 3.63) is 75.4 Å². The Labute approximate surface area is 203 Å². The van der Waals surface area contributed by atoms with Gasteiger partial charge in [0.15, 0.2) is 5.13 Å². The van der Waals surface area contributed by atoms with Gasteiger partial charge in [0, 0.05) is 27.6 Å². The minimum Gasteiger partial charge on any atom is -0.478 e. The number of carbonyl (C=O) groups is 2. The monoisotopic (exact) mass is 499 g/mol. The number of rotatable bonds is 6. The first-order valence-electron chi connectivity index (χ1n) is 10.2. The zero-order valence-electron chi connectivity index (χ0n) is 18.9. The number of thiazole rings is 1. The molecule has 3 aromatic rings. The number of nitrogens with zero attached hydrogens (tertiary/aromatic N) is 2. The fourth-order valence-corrected chi connectivity index (χ4v) is 3.58. The number of carboxylic acid groups (broad SMARTS) is 1. The maximum absolute atomic E-state index is 14.9. The van der Waals surface area contributed by atoms with Gasteiger partial charge in [0.2, 0.25) is 0 Å². The topological polar surface area (TPSA) is 82.5 Å². The summed E-state index contributed by atoms with van der Waals surface area (Å²) >= 11 is 1.01. The van der Waals surface area contributed by atoms with Crippen LogP contribution >= 0.6 is 11.3 Å². The SMILES string of the molecule is C/C(=C\c1c(F)cc(C(=O)Nc2nc(-c3cccc(C#CCN(C)C)c3F)cs2)cc1F)C(=O)O. The Bertz CT molecular complexity index is 1360. The van der Waals surface area contributed by atoms with Crippen LogP contribution < -0.4 is 5.32 Å². The van der Waals surface area contributed by atoms with Crippen molar-refractivity contribution in [1.29, 1.82) is 0 Å². The fourth-order valence-electron chi connectivity index (χ4n) is 2.87. The molecular formula is C25H20F3N3O3S. The molecule has 2 N–H and O–H groups in total. The van der Waals surface area contributed by atoms with E-state index in [1.54, 1.807) is 12.1 Å². The summed E-state index contributed by atoms with van der Waals surface area (Å²) in [7, 11) is 3.70. The normalized spacial score (nSPS) is 11.2. The van der Waals surface area contributed by atoms with Gasteiger partial charge >= 0.3 is 5.97 Å². The van der Waals surface area contributed by atoms with Crippen molar-refractivity contribution in [2.24, 2.45) is 0 Å². The minimum atomic E-state index is -1.33. The van der Waals surface area contributed by atoms with Crippen LogP contribution in [0.1, 0.15) is 28.4 Å². The summed E-state index contributed by atoms with van der Waals surface area (Å²) in [6.07, 6.45) is 0.843. The molecule has 10 heteroatoms. The maximum atomic E-state index is 14.9. The van der Waals surface area contributed by atoms with Crippen molar-refractivity contribution >= 4 is 34.4 Å². The Kier molecular flexibility index (Phi) is 8.06. The molecule has 2 aromatic carbocycles. The number of benzene rings is 2. The number of halogens is 3. The number of hydrogen-bond donors (Lipinski definition) is 2. The number of carbonyl (C=O) groups excluding carboxylic acids is 1. The summed E-state index contributed by atoms with van der Waals surface area (Å²) in [5.41, 5.74) is -0.494. The lowest BCUT2D eigenvalue weighted by atomic mass is 10.1. The summed E-state index contributed by atoms with van der Waals surface area (Å²) in [5.74, 6) is 0.749. The van der Waals surface area contributed by atoms with Gasteiger partial charge in [-0.2, -0.15) is 0 Å². The molecule has 180 valence electrons. The van der Waals surface area contributed by atoms with E-state index in [9.17, 15) is 22.8 Å². The zero-order valence-corrected chi connectivity index (χ0v) is 19.8. The predicted molar refractivity (Wildman–Crippen MR) is 129 cm³/mol. The summed E-state index contributed by atoms with van der Waals surface area (Å²) in [6.45, 7) is 1.66. The largest absolute Gasteiger partial charge is 0.478 e. The van der Waals surface area contributed by atoms with Crippen molar-refractivity contribution in [2.75, 3.05) is 26.0 Å². The van der Waals surface area contributed by atoms with E-state index in [0.29, 0.717) is 6.54 Å². The highest BCUT2D eigenvalue weighted by Crippen LogP contribution is 2.29. The number of anilines is 1. The van der Waals surface area contributed by atoms with Gasteiger partial charge in [0.25, 0.3) is 5.91 Å². The maximum Gasteiger partial charge on any atom is 0.331 e. The van der Waals surface area contributed by atoms with Crippen LogP contribution in [-0.2, 0) is 4.79 Å². The lowest BCUT2D eigenvalue weighted by Crippen LogP contribution is -2.13. The first-order chi connectivity index (χ1) is 16.6. The fraction of sp³-hybridized carbons (Fsp3) is 0.160. The van der Waals surface area contributed by atoms with Gasteiger partial charge in [-0.05, 0) is 51.4 Å². The quantitative estimate of drug-likeness (QED) is 0.373. The van der Waals surface area contributed by atoms with Crippen molar-refractivity contribution in [1.82, 2.24) is 9.88 Å². The summed E-state index contributed by atoms with van der Waals surface area (Å²) in [4.78, 5) is 29.5. The standard InChI is InChI=1S/C25H20F3N3O3S/c1-14(24(33)34)10-18-19(26)11-16(12-20(18)27)23(32)30-25-29-21(13-35-25)17-8-4-6-15(22(17)28)7-5-9-31(2)3/h4,6,8,10-13H,9H2,1-3H3,(H,33,34)(H,29,30,32)/b14-10+. The van der Waals surface area contributed by atoms with Crippen molar-refractivity contribution in [3.8, 4) is 23.1 Å². The average molecular weight is 500 g/mol. The molecule has 0 bridgehead atoms. The molecule has 0 spiro atoms. The van der Waals surface area contributed by atoms with Crippen LogP contribution in [0, 0.1) is 29.3 Å². The molecule has 3 rings (SSSR count). The van der Waals surface area contributed by atoms with Crippen LogP contribution in [0.4, 0.5) is 18.3 Å². The van der Waals surface area contributed by atoms with Gasteiger partial charge in [-0.25, -0.2) is 22.9 Å². The van der Waals surface area contributed by atoms with Crippen molar-refractivity contribution in [2.45, 2.75) is 6.92 Å². The van der Waals surface area contributed by atoms with Crippen LogP contribution in [-0.4, -0.2) is 47.5 Å². The molecule has 0 unspecified atom stereocenters. The summed E-state index contributed by atoms with van der Waals surface area (Å²) in [5, 5.41) is 13.0. The van der Waals surface area contributed by atoms with Crippen LogP contribution in [0.5, 0.6) is 0 Å². The van der Waals surface area contributed by atoms with E-state index in [1.807, 2.05) is 19.0 Å². The lowest BCUT2D eigenvalue weighted by molar-refractivity contribution is -0.132. The van der Waals surface area contributed by atoms with Gasteiger partial charge in [-0.3, -0.25) is 15.0 Å². The third kappa shape index (κ3) is 6.35. The van der Waals surface area contributed by atoms with E-state index in [1.165, 1.54) is 18.4 Å². The van der Waals surface area contributed by atoms with Crippen molar-refractivity contribution < 1.29 is 27.9 Å². The first kappa shape index (κ1) is 25.7. The lowest BCUT2D eigenvalue weighted by Gasteiger charge is -2.06. The van der Waals surface area contributed by atoms with Crippen LogP contribution in [0.2, 0.25) is 0 Å². The van der Waals surface area contributed by atoms with Crippen LogP contribution in [0.25, 0.3) is 17.3 Å². The van der Waals surface area contributed by atoms with E-state index in [4.69, 9.17) is 5.11 Å². The highest BCUT2D eigenvalue weighted by molar-refractivity contribution is 7.14. The van der Waals surface area contributed by atoms with Gasteiger partial charge in [0.05, 0.1) is 17.8 Å². The first-order valence-corrected chi connectivity index (χ1v) is 11.0. The minimum absolute atomic E-state index is 0.0972. The molecule has 0 fully saturated rings. The molecule has 0 radical (unpaired) electrons. The molecule has 1 heterocycles. The number of carboxylic acids is 1. The predicted octanol–water partition coefficient (Wildman–Crippen LogP) is 4.88. The summed E-state index contributed by atoms with van der Waals surface area (Å²) in [6, 6.07) is 6.32. The average Bonchev–Trinajstić information content (AvgIpc) is 3.24. The molecule has 0 atom stereocenters. The van der Waals surface area contributed by atoms with E-state index >= 15 is 0 Å². The third-order valence-corrected chi connectivity index (χ3v) is 5.41. The molecular weight excluding hydrogens is 479 g/mol. The van der Waals surface area contributed by atoms with E-state index in [-0.39, 0.29) is 33.1 Å². The molecule has 0 saturated carbocycles. The molecule has 0 aliphatic heterocycles. The molecule has 0 saturated heterocycles. The van der Waals surface area contributed by atoms with E-state index < -0.39 is 34.9 Å². The number of nitrogens with one attached hydrogen (secondary N) is 1. The molecule has 1 amide bonds. The highest BCUT2D eigenvalue weighted by atomic mass is 32.1. The number of aliphatic carboxylic acids is 1. The number of hydrogen-bond acceptors (Lipinski definition) is 5. The second-order valence-electron chi connectivity index (χ2n) is 7.68. The Morgan fingerprint density at radius 3 is 2.51 bits per heavy atom. The van der Waals surface area contributed by atoms with Gasteiger partial charge in [-0.15, -0.1) is 11.3 Å². The number of amides is 1. The molecule has 0 aliphatic rings. The Morgan fingerprint density at radius 1 is 1.20 bits per heavy atom. The second-order valence-corrected chi connectivity index (χ2v) is 8.54. The highest BCUT2D eigenvalue weighted by Gasteiger charge is 2.18. The van der Waals surface area contributed by atoms with Gasteiger partial charge in [0.1, 0.15) is 17.5 Å². The molecule has 6 nitrogen and oxygen atoms in total. The summed E-state index contributed by atoms with van der Waals surface area (Å²) < 4.78 is 43.6. The van der Waals surface area contributed by atoms with E-state index in [2.05, 4.69) is 22.1 Å². The van der Waals surface area contributed by atoms with E-state index in [0.717, 1.165) is 29.5 Å². The third-order valence-electron chi connectivity index (χ3n) is 4.66. The van der Waals surface area contributed by atoms with Crippen LogP contribution in [0.3, 0.4) is 0 Å². The Morgan fingerprint density at radius 2 is 1.89 bits per heavy atom. The van der Waals surface area contributed by atoms with Gasteiger partial charge in [-0.1, -0.05) is 17.9 Å². The molecule has 1 aromatic heterocycles. The van der Waals surface area contributed by atoms with Gasteiger partial charge < -0.3 is 5.11 Å². The Balaban J connectivity index is 1.81. The Hall–Kier alpha value is -3.94. The second kappa shape index (κ2) is 11.0. The van der Waals surface area contributed by atoms with Crippen LogP contribution in [0.15, 0.2) is 41.3 Å². The zero-order chi connectivity index (χ0) is 25.7. The molecule has 0 aliphatic carbocycles.